The Bertz CT molecular complexity index is 938. The Labute approximate surface area is 160 Å². The van der Waals surface area contributed by atoms with Gasteiger partial charge in [-0.1, -0.05) is 6.42 Å². The number of amides is 2. The highest BCUT2D eigenvalue weighted by molar-refractivity contribution is 8.58. The molecule has 8 N–H and O–H groups in total. The van der Waals surface area contributed by atoms with Crippen molar-refractivity contribution in [1.82, 2.24) is 0 Å². The molecule has 11 heteroatoms. The predicted octanol–water partition coefficient (Wildman–Crippen LogP) is 1.61. The molecular formula is C17H19N3O7S. The monoisotopic (exact) mass is 409 g/mol. The SMILES string of the molecule is NC(=O)S1(C(N)=O)C(C(=O)O)=C(N)c2c(OCC3CCC3)ccc(C(=O)O)c21. The minimum absolute atomic E-state index is 0.0834. The van der Waals surface area contributed by atoms with Crippen LogP contribution < -0.4 is 21.9 Å². The summed E-state index contributed by atoms with van der Waals surface area (Å²) in [5, 5.41) is 16.5. The number of carbonyl (C=O) groups excluding carboxylic acids is 2. The van der Waals surface area contributed by atoms with Gasteiger partial charge in [-0.2, -0.15) is 0 Å². The number of hydrogen-bond donors (Lipinski definition) is 5. The summed E-state index contributed by atoms with van der Waals surface area (Å²) in [6.45, 7) is 0.310. The molecule has 1 saturated carbocycles. The lowest BCUT2D eigenvalue weighted by Gasteiger charge is -2.31. The van der Waals surface area contributed by atoms with E-state index in [0.29, 0.717) is 12.5 Å². The van der Waals surface area contributed by atoms with Gasteiger partial charge in [-0.25, -0.2) is 9.59 Å². The van der Waals surface area contributed by atoms with E-state index in [1.165, 1.54) is 6.07 Å². The molecule has 1 aromatic carbocycles. The van der Waals surface area contributed by atoms with E-state index in [1.807, 2.05) is 0 Å². The van der Waals surface area contributed by atoms with Gasteiger partial charge in [-0.05, 0) is 40.9 Å². The van der Waals surface area contributed by atoms with Crippen LogP contribution in [0, 0.1) is 5.92 Å². The fourth-order valence-electron chi connectivity index (χ4n) is 3.42. The fraction of sp³-hybridized carbons (Fsp3) is 0.294. The first kappa shape index (κ1) is 19.5. The molecule has 0 aromatic heterocycles. The zero-order valence-corrected chi connectivity index (χ0v) is 15.5. The van der Waals surface area contributed by atoms with Gasteiger partial charge in [0.1, 0.15) is 10.7 Å². The standard InChI is InChI=1S/C17H19N3O7S/c18-11-10-9(27-6-7-2-1-3-7)5-4-8(14(21)22)12(10)28(16(19)25,17(20)26)13(11)15(23)24/h4-5,7H,1-3,6,18H2,(H2,19,25)(H2,20,26)(H,21,22)(H,23,24). The van der Waals surface area contributed by atoms with E-state index in [9.17, 15) is 29.4 Å². The zero-order chi connectivity index (χ0) is 20.8. The van der Waals surface area contributed by atoms with Crippen molar-refractivity contribution in [3.63, 3.8) is 0 Å². The highest BCUT2D eigenvalue weighted by Crippen LogP contribution is 2.71. The second-order valence-corrected chi connectivity index (χ2v) is 9.37. The predicted molar refractivity (Wildman–Crippen MR) is 100 cm³/mol. The summed E-state index contributed by atoms with van der Waals surface area (Å²) in [7, 11) is -3.90. The summed E-state index contributed by atoms with van der Waals surface area (Å²) in [6, 6.07) is 2.45. The molecule has 3 rings (SSSR count). The van der Waals surface area contributed by atoms with Crippen molar-refractivity contribution in [2.24, 2.45) is 23.1 Å². The molecule has 0 bridgehead atoms. The highest BCUT2D eigenvalue weighted by Gasteiger charge is 2.55. The number of carboxylic acids is 2. The minimum Gasteiger partial charge on any atom is -0.493 e. The minimum atomic E-state index is -3.90. The van der Waals surface area contributed by atoms with Gasteiger partial charge in [0, 0.05) is 4.90 Å². The molecule has 28 heavy (non-hydrogen) atoms. The molecule has 0 radical (unpaired) electrons. The van der Waals surface area contributed by atoms with Gasteiger partial charge in [-0.3, -0.25) is 9.59 Å². The molecule has 2 aliphatic rings. The average Bonchev–Trinajstić information content (AvgIpc) is 2.84. The van der Waals surface area contributed by atoms with Crippen molar-refractivity contribution in [1.29, 1.82) is 0 Å². The molecule has 1 fully saturated rings. The number of rotatable bonds is 5. The van der Waals surface area contributed by atoms with Gasteiger partial charge in [0.2, 0.25) is 0 Å². The van der Waals surface area contributed by atoms with Crippen LogP contribution in [0.25, 0.3) is 5.70 Å². The third-order valence-corrected chi connectivity index (χ3v) is 8.22. The maximum absolute atomic E-state index is 12.4. The Hall–Kier alpha value is -3.21. The van der Waals surface area contributed by atoms with Crippen LogP contribution in [0.3, 0.4) is 0 Å². The Kier molecular flexibility index (Phi) is 4.71. The highest BCUT2D eigenvalue weighted by atomic mass is 32.3. The van der Waals surface area contributed by atoms with Crippen molar-refractivity contribution >= 4 is 38.1 Å². The molecule has 150 valence electrons. The molecule has 0 atom stereocenters. The Morgan fingerprint density at radius 3 is 2.11 bits per heavy atom. The molecule has 1 aliphatic carbocycles. The number of fused-ring (bicyclic) bond motifs is 1. The molecule has 1 aliphatic heterocycles. The molecule has 1 aromatic rings. The van der Waals surface area contributed by atoms with E-state index in [2.05, 4.69) is 0 Å². The Morgan fingerprint density at radius 1 is 1.07 bits per heavy atom. The molecule has 1 heterocycles. The third-order valence-electron chi connectivity index (χ3n) is 4.97. The van der Waals surface area contributed by atoms with Gasteiger partial charge in [-0.15, -0.1) is 0 Å². The fourth-order valence-corrected chi connectivity index (χ4v) is 6.32. The van der Waals surface area contributed by atoms with Crippen molar-refractivity contribution in [2.75, 3.05) is 6.61 Å². The van der Waals surface area contributed by atoms with Crippen molar-refractivity contribution < 1.29 is 34.1 Å². The van der Waals surface area contributed by atoms with Crippen LogP contribution in [-0.4, -0.2) is 39.2 Å². The normalized spacial score (nSPS) is 18.7. The number of benzene rings is 1. The molecule has 10 nitrogen and oxygen atoms in total. The second-order valence-electron chi connectivity index (χ2n) is 6.53. The number of aliphatic carboxylic acids is 1. The first-order valence-electron chi connectivity index (χ1n) is 8.32. The van der Waals surface area contributed by atoms with Gasteiger partial charge in [0.05, 0.1) is 23.4 Å². The Balaban J connectivity index is 2.33. The second kappa shape index (κ2) is 6.75. The number of primary amides is 2. The van der Waals surface area contributed by atoms with Crippen molar-refractivity contribution in [2.45, 2.75) is 24.2 Å². The van der Waals surface area contributed by atoms with E-state index < -0.39 is 48.6 Å². The summed E-state index contributed by atoms with van der Waals surface area (Å²) < 4.78 is 5.75. The molecule has 0 unspecified atom stereocenters. The lowest BCUT2D eigenvalue weighted by atomic mass is 9.86. The molecule has 2 amide bonds. The zero-order valence-electron chi connectivity index (χ0n) is 14.6. The van der Waals surface area contributed by atoms with Crippen LogP contribution in [0.4, 0.5) is 9.59 Å². The lowest BCUT2D eigenvalue weighted by Crippen LogP contribution is -2.33. The van der Waals surface area contributed by atoms with Crippen LogP contribution in [0.15, 0.2) is 21.9 Å². The summed E-state index contributed by atoms with van der Waals surface area (Å²) >= 11 is 0. The first-order chi connectivity index (χ1) is 13.1. The van der Waals surface area contributed by atoms with Crippen LogP contribution in [0.1, 0.15) is 35.2 Å². The smallest absolute Gasteiger partial charge is 0.344 e. The maximum atomic E-state index is 12.4. The van der Waals surface area contributed by atoms with E-state index in [1.54, 1.807) is 0 Å². The van der Waals surface area contributed by atoms with Crippen LogP contribution in [0.2, 0.25) is 0 Å². The largest absolute Gasteiger partial charge is 0.493 e. The lowest BCUT2D eigenvalue weighted by molar-refractivity contribution is -0.131. The summed E-state index contributed by atoms with van der Waals surface area (Å²) in [5.41, 5.74) is 15.8. The first-order valence-corrected chi connectivity index (χ1v) is 9.96. The van der Waals surface area contributed by atoms with E-state index in [4.69, 9.17) is 21.9 Å². The summed E-state index contributed by atoms with van der Waals surface area (Å²) in [4.78, 5) is 47.2. The van der Waals surface area contributed by atoms with E-state index >= 15 is 0 Å². The number of hydrogen-bond acceptors (Lipinski definition) is 6. The Morgan fingerprint density at radius 2 is 1.68 bits per heavy atom. The number of carbonyl (C=O) groups is 4. The number of aromatic carboxylic acids is 1. The number of nitrogens with two attached hydrogens (primary N) is 3. The van der Waals surface area contributed by atoms with Crippen molar-refractivity contribution in [3.8, 4) is 5.75 Å². The van der Waals surface area contributed by atoms with Crippen LogP contribution >= 0.6 is 10.0 Å². The molecule has 0 spiro atoms. The molecular weight excluding hydrogens is 390 g/mol. The van der Waals surface area contributed by atoms with Gasteiger partial charge in [0.25, 0.3) is 10.5 Å². The summed E-state index contributed by atoms with van der Waals surface area (Å²) in [5.74, 6) is -2.77. The quantitative estimate of drug-likeness (QED) is 0.483. The number of carboxylic acid groups (broad SMARTS) is 2. The summed E-state index contributed by atoms with van der Waals surface area (Å²) in [6.07, 6.45) is 3.02. The number of ether oxygens (including phenoxy) is 1. The van der Waals surface area contributed by atoms with Crippen LogP contribution in [-0.2, 0) is 4.79 Å². The topological polar surface area (TPSA) is 196 Å². The third kappa shape index (κ3) is 2.58. The van der Waals surface area contributed by atoms with E-state index in [0.717, 1.165) is 25.3 Å². The van der Waals surface area contributed by atoms with Gasteiger partial charge in [0.15, 0.2) is 0 Å². The maximum Gasteiger partial charge on any atom is 0.344 e. The van der Waals surface area contributed by atoms with Gasteiger partial charge < -0.3 is 32.2 Å². The van der Waals surface area contributed by atoms with Crippen LogP contribution in [0.5, 0.6) is 5.75 Å². The molecule has 0 saturated heterocycles. The van der Waals surface area contributed by atoms with E-state index in [-0.39, 0.29) is 16.2 Å². The van der Waals surface area contributed by atoms with Gasteiger partial charge >= 0.3 is 11.9 Å². The average molecular weight is 409 g/mol. The van der Waals surface area contributed by atoms with Crippen molar-refractivity contribution in [3.05, 3.63) is 28.2 Å².